The summed E-state index contributed by atoms with van der Waals surface area (Å²) >= 11 is 0. The SMILES string of the molecule is CC(C)[C@H](N)C(=O)N[C@@H](CCCCN)C(=O)N[C@@H](CO)C(=O)O. The van der Waals surface area contributed by atoms with E-state index in [0.29, 0.717) is 25.8 Å². The molecule has 0 aliphatic carbocycles. The van der Waals surface area contributed by atoms with Crippen molar-refractivity contribution in [2.45, 2.75) is 51.2 Å². The van der Waals surface area contributed by atoms with Crippen LogP contribution in [0.5, 0.6) is 0 Å². The third-order valence-electron chi connectivity index (χ3n) is 3.40. The zero-order valence-corrected chi connectivity index (χ0v) is 13.6. The predicted octanol–water partition coefficient (Wildman–Crippen LogP) is -1.85. The summed E-state index contributed by atoms with van der Waals surface area (Å²) in [4.78, 5) is 35.1. The van der Waals surface area contributed by atoms with Crippen LogP contribution in [0.2, 0.25) is 0 Å². The Morgan fingerprint density at radius 3 is 2.04 bits per heavy atom. The lowest BCUT2D eigenvalue weighted by atomic mass is 10.0. The summed E-state index contributed by atoms with van der Waals surface area (Å²) in [6.07, 6.45) is 1.55. The number of nitrogens with two attached hydrogens (primary N) is 2. The van der Waals surface area contributed by atoms with E-state index in [2.05, 4.69) is 10.6 Å². The van der Waals surface area contributed by atoms with Gasteiger partial charge in [-0.25, -0.2) is 4.79 Å². The molecule has 0 saturated carbocycles. The maximum absolute atomic E-state index is 12.2. The molecule has 134 valence electrons. The number of aliphatic hydroxyl groups excluding tert-OH is 1. The Kier molecular flexibility index (Phi) is 10.1. The highest BCUT2D eigenvalue weighted by molar-refractivity contribution is 5.91. The van der Waals surface area contributed by atoms with Crippen LogP contribution in [-0.2, 0) is 14.4 Å². The molecule has 0 heterocycles. The molecule has 0 rings (SSSR count). The number of hydrogen-bond acceptors (Lipinski definition) is 6. The molecule has 9 heteroatoms. The minimum atomic E-state index is -1.42. The number of amides is 2. The number of carbonyl (C=O) groups is 3. The second kappa shape index (κ2) is 10.9. The van der Waals surface area contributed by atoms with Gasteiger partial charge in [0.25, 0.3) is 0 Å². The molecular formula is C14H28N4O5. The fourth-order valence-electron chi connectivity index (χ4n) is 1.79. The lowest BCUT2D eigenvalue weighted by Crippen LogP contribution is -2.55. The number of unbranched alkanes of at least 4 members (excludes halogenated alkanes) is 1. The summed E-state index contributed by atoms with van der Waals surface area (Å²) in [5.74, 6) is -2.62. The quantitative estimate of drug-likeness (QED) is 0.241. The number of nitrogens with one attached hydrogen (secondary N) is 2. The molecule has 0 unspecified atom stereocenters. The molecule has 0 aromatic carbocycles. The fourth-order valence-corrected chi connectivity index (χ4v) is 1.79. The van der Waals surface area contributed by atoms with Crippen LogP contribution in [0.3, 0.4) is 0 Å². The van der Waals surface area contributed by atoms with Crippen LogP contribution in [0.25, 0.3) is 0 Å². The predicted molar refractivity (Wildman–Crippen MR) is 84.3 cm³/mol. The van der Waals surface area contributed by atoms with Crippen molar-refractivity contribution in [2.24, 2.45) is 17.4 Å². The standard InChI is InChI=1S/C14H28N4O5/c1-8(2)11(16)13(21)17-9(5-3-4-6-15)12(20)18-10(7-19)14(22)23/h8-11,19H,3-7,15-16H2,1-2H3,(H,17,21)(H,18,20)(H,22,23)/t9-,10-,11-/m0/s1. The highest BCUT2D eigenvalue weighted by Gasteiger charge is 2.28. The van der Waals surface area contributed by atoms with Crippen LogP contribution >= 0.6 is 0 Å². The average molecular weight is 332 g/mol. The molecular weight excluding hydrogens is 304 g/mol. The third kappa shape index (κ3) is 7.91. The number of aliphatic carboxylic acids is 1. The Morgan fingerprint density at radius 2 is 1.61 bits per heavy atom. The Labute approximate surface area is 135 Å². The van der Waals surface area contributed by atoms with E-state index >= 15 is 0 Å². The monoisotopic (exact) mass is 332 g/mol. The second-order valence-corrected chi connectivity index (χ2v) is 5.70. The lowest BCUT2D eigenvalue weighted by Gasteiger charge is -2.23. The normalized spacial score (nSPS) is 14.9. The molecule has 0 aliphatic rings. The van der Waals surface area contributed by atoms with Crippen molar-refractivity contribution < 1.29 is 24.6 Å². The number of carboxylic acids is 1. The molecule has 23 heavy (non-hydrogen) atoms. The molecule has 0 bridgehead atoms. The van der Waals surface area contributed by atoms with Gasteiger partial charge < -0.3 is 32.3 Å². The van der Waals surface area contributed by atoms with Crippen molar-refractivity contribution in [1.82, 2.24) is 10.6 Å². The summed E-state index contributed by atoms with van der Waals surface area (Å²) in [5, 5.41) is 22.6. The van der Waals surface area contributed by atoms with Gasteiger partial charge in [-0.3, -0.25) is 9.59 Å². The summed E-state index contributed by atoms with van der Waals surface area (Å²) in [5.41, 5.74) is 11.1. The van der Waals surface area contributed by atoms with Crippen LogP contribution in [-0.4, -0.2) is 59.3 Å². The minimum absolute atomic E-state index is 0.105. The van der Waals surface area contributed by atoms with E-state index < -0.39 is 42.5 Å². The van der Waals surface area contributed by atoms with Gasteiger partial charge in [0.1, 0.15) is 12.1 Å². The first-order valence-corrected chi connectivity index (χ1v) is 7.64. The van der Waals surface area contributed by atoms with Gasteiger partial charge >= 0.3 is 5.97 Å². The molecule has 0 spiro atoms. The summed E-state index contributed by atoms with van der Waals surface area (Å²) in [7, 11) is 0. The van der Waals surface area contributed by atoms with Gasteiger partial charge in [0, 0.05) is 0 Å². The molecule has 0 aromatic heterocycles. The fraction of sp³-hybridized carbons (Fsp3) is 0.786. The first-order valence-electron chi connectivity index (χ1n) is 7.64. The van der Waals surface area contributed by atoms with Crippen LogP contribution in [0, 0.1) is 5.92 Å². The zero-order valence-electron chi connectivity index (χ0n) is 13.6. The lowest BCUT2D eigenvalue weighted by molar-refractivity contribution is -0.143. The molecule has 0 aliphatic heterocycles. The highest BCUT2D eigenvalue weighted by atomic mass is 16.4. The molecule has 0 fully saturated rings. The summed E-state index contributed by atoms with van der Waals surface area (Å²) < 4.78 is 0. The van der Waals surface area contributed by atoms with E-state index in [4.69, 9.17) is 21.7 Å². The number of carboxylic acid groups (broad SMARTS) is 1. The van der Waals surface area contributed by atoms with Gasteiger partial charge in [0.2, 0.25) is 11.8 Å². The number of carbonyl (C=O) groups excluding carboxylic acids is 2. The van der Waals surface area contributed by atoms with E-state index in [9.17, 15) is 14.4 Å². The highest BCUT2D eigenvalue weighted by Crippen LogP contribution is 2.04. The van der Waals surface area contributed by atoms with E-state index in [-0.39, 0.29) is 5.92 Å². The molecule has 0 saturated heterocycles. The Balaban J connectivity index is 4.87. The van der Waals surface area contributed by atoms with E-state index in [1.54, 1.807) is 13.8 Å². The molecule has 8 N–H and O–H groups in total. The van der Waals surface area contributed by atoms with E-state index in [1.165, 1.54) is 0 Å². The maximum atomic E-state index is 12.2. The van der Waals surface area contributed by atoms with Crippen LogP contribution < -0.4 is 22.1 Å². The zero-order chi connectivity index (χ0) is 18.0. The van der Waals surface area contributed by atoms with Gasteiger partial charge in [-0.1, -0.05) is 13.8 Å². The van der Waals surface area contributed by atoms with Crippen LogP contribution in [0.1, 0.15) is 33.1 Å². The smallest absolute Gasteiger partial charge is 0.328 e. The van der Waals surface area contributed by atoms with Crippen molar-refractivity contribution in [2.75, 3.05) is 13.2 Å². The minimum Gasteiger partial charge on any atom is -0.480 e. The Hall–Kier alpha value is -1.71. The largest absolute Gasteiger partial charge is 0.480 e. The van der Waals surface area contributed by atoms with Crippen LogP contribution in [0.4, 0.5) is 0 Å². The number of hydrogen-bond donors (Lipinski definition) is 6. The Morgan fingerprint density at radius 1 is 1.04 bits per heavy atom. The second-order valence-electron chi connectivity index (χ2n) is 5.70. The average Bonchev–Trinajstić information content (AvgIpc) is 2.49. The van der Waals surface area contributed by atoms with Gasteiger partial charge in [0.05, 0.1) is 12.6 Å². The van der Waals surface area contributed by atoms with Crippen molar-refractivity contribution in [1.29, 1.82) is 0 Å². The number of aliphatic hydroxyl groups is 1. The van der Waals surface area contributed by atoms with Gasteiger partial charge in [0.15, 0.2) is 0 Å². The van der Waals surface area contributed by atoms with Gasteiger partial charge in [-0.2, -0.15) is 0 Å². The van der Waals surface area contributed by atoms with Gasteiger partial charge in [-0.05, 0) is 31.7 Å². The molecule has 0 aromatic rings. The third-order valence-corrected chi connectivity index (χ3v) is 3.40. The summed E-state index contributed by atoms with van der Waals surface area (Å²) in [6, 6.07) is -3.12. The van der Waals surface area contributed by atoms with Crippen molar-refractivity contribution >= 4 is 17.8 Å². The van der Waals surface area contributed by atoms with Crippen LogP contribution in [0.15, 0.2) is 0 Å². The van der Waals surface area contributed by atoms with Crippen molar-refractivity contribution in [3.05, 3.63) is 0 Å². The number of rotatable bonds is 11. The molecule has 3 atom stereocenters. The maximum Gasteiger partial charge on any atom is 0.328 e. The first kappa shape index (κ1) is 21.3. The summed E-state index contributed by atoms with van der Waals surface area (Å²) in [6.45, 7) is 3.26. The Bertz CT molecular complexity index is 403. The first-order chi connectivity index (χ1) is 10.7. The van der Waals surface area contributed by atoms with Gasteiger partial charge in [-0.15, -0.1) is 0 Å². The molecule has 9 nitrogen and oxygen atoms in total. The van der Waals surface area contributed by atoms with Crippen molar-refractivity contribution in [3.8, 4) is 0 Å². The van der Waals surface area contributed by atoms with Crippen molar-refractivity contribution in [3.63, 3.8) is 0 Å². The molecule has 0 radical (unpaired) electrons. The topological polar surface area (TPSA) is 168 Å². The van der Waals surface area contributed by atoms with E-state index in [1.807, 2.05) is 0 Å². The van der Waals surface area contributed by atoms with E-state index in [0.717, 1.165) is 0 Å². The molecule has 2 amide bonds.